The second kappa shape index (κ2) is 66.9. The molecule has 0 amide bonds. The Morgan fingerprint density at radius 3 is 0.723 bits per heavy atom. The lowest BCUT2D eigenvalue weighted by Gasteiger charge is -2.21. The van der Waals surface area contributed by atoms with E-state index in [2.05, 4.69) is 41.5 Å². The van der Waals surface area contributed by atoms with Crippen LogP contribution in [0, 0.1) is 11.8 Å². The van der Waals surface area contributed by atoms with Gasteiger partial charge in [-0.2, -0.15) is 0 Å². The van der Waals surface area contributed by atoms with E-state index in [0.29, 0.717) is 25.7 Å². The summed E-state index contributed by atoms with van der Waals surface area (Å²) in [6.07, 6.45) is 54.2. The van der Waals surface area contributed by atoms with Crippen LogP contribution >= 0.6 is 15.6 Å². The van der Waals surface area contributed by atoms with E-state index in [1.54, 1.807) is 0 Å². The van der Waals surface area contributed by atoms with Crippen LogP contribution in [-0.2, 0) is 65.4 Å². The number of hydrogen-bond acceptors (Lipinski definition) is 15. The fourth-order valence-corrected chi connectivity index (χ4v) is 13.1. The average Bonchev–Trinajstić information content (AvgIpc) is 1.59. The minimum Gasteiger partial charge on any atom is -0.462 e. The molecule has 0 aromatic carbocycles. The molecule has 0 aromatic rings. The maximum absolute atomic E-state index is 13.1. The number of aliphatic hydroxyl groups is 1. The lowest BCUT2D eigenvalue weighted by molar-refractivity contribution is -0.161. The summed E-state index contributed by atoms with van der Waals surface area (Å²) in [5, 5.41) is 10.6. The number of carbonyl (C=O) groups excluding carboxylic acids is 4. The summed E-state index contributed by atoms with van der Waals surface area (Å²) in [6, 6.07) is 0. The highest BCUT2D eigenvalue weighted by Gasteiger charge is 2.30. The van der Waals surface area contributed by atoms with E-state index in [4.69, 9.17) is 37.0 Å². The molecule has 0 aliphatic rings. The maximum atomic E-state index is 13.1. The highest BCUT2D eigenvalue weighted by Crippen LogP contribution is 2.45. The second-order valence-corrected chi connectivity index (χ2v) is 30.9. The van der Waals surface area contributed by atoms with Crippen LogP contribution in [0.3, 0.4) is 0 Å². The van der Waals surface area contributed by atoms with Gasteiger partial charge in [0.25, 0.3) is 0 Å². The van der Waals surface area contributed by atoms with Gasteiger partial charge in [-0.15, -0.1) is 0 Å². The van der Waals surface area contributed by atoms with E-state index in [9.17, 15) is 43.2 Å². The molecule has 5 atom stereocenters. The van der Waals surface area contributed by atoms with Crippen molar-refractivity contribution in [2.45, 2.75) is 407 Å². The van der Waals surface area contributed by atoms with Gasteiger partial charge in [0, 0.05) is 25.7 Å². The lowest BCUT2D eigenvalue weighted by Crippen LogP contribution is -2.30. The molecule has 94 heavy (non-hydrogen) atoms. The van der Waals surface area contributed by atoms with Crippen LogP contribution in [-0.4, -0.2) is 96.7 Å². The van der Waals surface area contributed by atoms with E-state index in [1.165, 1.54) is 193 Å². The molecular weight excluding hydrogens is 1230 g/mol. The van der Waals surface area contributed by atoms with Gasteiger partial charge in [0.2, 0.25) is 0 Å². The minimum atomic E-state index is -4.96. The molecule has 0 aliphatic carbocycles. The molecule has 0 aliphatic heterocycles. The van der Waals surface area contributed by atoms with Crippen LogP contribution in [0.25, 0.3) is 0 Å². The SMILES string of the molecule is CCCCCCCCCCCCCCCCCCCCC(=O)O[C@H](COC(=O)CCCCCCCCCCCCCCC(C)C)COP(=O)(O)OC[C@@H](O)COP(=O)(O)OC[C@@H](COC(=O)CCCCCCCCC)OC(=O)CCCCCCCCCCCCCC(C)C. The molecule has 0 heterocycles. The average molecular weight is 1380 g/mol. The predicted molar refractivity (Wildman–Crippen MR) is 381 cm³/mol. The Morgan fingerprint density at radius 1 is 0.287 bits per heavy atom. The van der Waals surface area contributed by atoms with Gasteiger partial charge in [-0.25, -0.2) is 9.13 Å². The molecule has 17 nitrogen and oxygen atoms in total. The van der Waals surface area contributed by atoms with Crippen molar-refractivity contribution in [3.63, 3.8) is 0 Å². The lowest BCUT2D eigenvalue weighted by atomic mass is 10.0. The van der Waals surface area contributed by atoms with E-state index in [-0.39, 0.29) is 25.7 Å². The van der Waals surface area contributed by atoms with Crippen molar-refractivity contribution in [3.05, 3.63) is 0 Å². The number of ether oxygens (including phenoxy) is 4. The van der Waals surface area contributed by atoms with Gasteiger partial charge in [-0.05, 0) is 37.5 Å². The van der Waals surface area contributed by atoms with Crippen molar-refractivity contribution in [3.8, 4) is 0 Å². The summed E-state index contributed by atoms with van der Waals surface area (Å²) in [5.74, 6) is -0.573. The third-order valence-electron chi connectivity index (χ3n) is 17.5. The normalized spacial score (nSPS) is 14.0. The zero-order chi connectivity index (χ0) is 69.3. The number of hydrogen-bond donors (Lipinski definition) is 3. The summed E-state index contributed by atoms with van der Waals surface area (Å²) in [5.41, 5.74) is 0. The molecule has 2 unspecified atom stereocenters. The Balaban J connectivity index is 5.20. The number of carbonyl (C=O) groups is 4. The summed E-state index contributed by atoms with van der Waals surface area (Å²) in [4.78, 5) is 72.6. The number of phosphoric ester groups is 2. The third kappa shape index (κ3) is 68.6. The quantitative estimate of drug-likeness (QED) is 0.0222. The van der Waals surface area contributed by atoms with Crippen LogP contribution in [0.2, 0.25) is 0 Å². The highest BCUT2D eigenvalue weighted by molar-refractivity contribution is 7.47. The molecule has 0 radical (unpaired) electrons. The van der Waals surface area contributed by atoms with Crippen LogP contribution in [0.5, 0.6) is 0 Å². The third-order valence-corrected chi connectivity index (χ3v) is 19.4. The molecule has 0 saturated carbocycles. The van der Waals surface area contributed by atoms with E-state index in [0.717, 1.165) is 115 Å². The number of rotatable bonds is 74. The molecule has 0 saturated heterocycles. The number of phosphoric acid groups is 2. The van der Waals surface area contributed by atoms with Crippen molar-refractivity contribution >= 4 is 39.5 Å². The first-order chi connectivity index (χ1) is 45.4. The molecule has 0 rings (SSSR count). The van der Waals surface area contributed by atoms with E-state index < -0.39 is 97.5 Å². The van der Waals surface area contributed by atoms with Gasteiger partial charge in [-0.3, -0.25) is 37.3 Å². The Labute approximate surface area is 575 Å². The van der Waals surface area contributed by atoms with Gasteiger partial charge in [0.15, 0.2) is 12.2 Å². The molecule has 19 heteroatoms. The van der Waals surface area contributed by atoms with Gasteiger partial charge < -0.3 is 33.8 Å². The summed E-state index contributed by atoms with van der Waals surface area (Å²) >= 11 is 0. The van der Waals surface area contributed by atoms with Crippen molar-refractivity contribution in [2.24, 2.45) is 11.8 Å². The Kier molecular flexibility index (Phi) is 65.5. The van der Waals surface area contributed by atoms with Gasteiger partial charge in [0.05, 0.1) is 26.4 Å². The topological polar surface area (TPSA) is 237 Å². The first-order valence-corrected chi connectivity index (χ1v) is 42.0. The molecule has 0 spiro atoms. The predicted octanol–water partition coefficient (Wildman–Crippen LogP) is 21.9. The molecule has 558 valence electrons. The van der Waals surface area contributed by atoms with Crippen LogP contribution in [0.15, 0.2) is 0 Å². The van der Waals surface area contributed by atoms with E-state index >= 15 is 0 Å². The van der Waals surface area contributed by atoms with Gasteiger partial charge in [0.1, 0.15) is 19.3 Å². The van der Waals surface area contributed by atoms with Gasteiger partial charge in [-0.1, -0.05) is 337 Å². The number of esters is 4. The fraction of sp³-hybridized carbons (Fsp3) is 0.947. The van der Waals surface area contributed by atoms with Crippen molar-refractivity contribution < 1.29 is 80.2 Å². The van der Waals surface area contributed by atoms with Gasteiger partial charge >= 0.3 is 39.5 Å². The summed E-state index contributed by atoms with van der Waals surface area (Å²) in [7, 11) is -9.90. The van der Waals surface area contributed by atoms with Crippen LogP contribution in [0.4, 0.5) is 0 Å². The smallest absolute Gasteiger partial charge is 0.462 e. The standard InChI is InChI=1S/C75H146O17P2/c1-7-9-11-13-15-16-17-18-19-20-21-22-23-30-35-41-47-53-59-74(79)92-71(64-86-73(78)58-52-46-40-34-29-25-24-27-32-38-43-49-55-67(3)4)66-90-94(83,84)88-62-69(76)61-87-93(81,82)89-65-70(63-85-72(77)57-51-45-37-14-12-10-8-2)91-75(80)60-54-48-42-36-31-26-28-33-39-44-50-56-68(5)6/h67-71,76H,7-66H2,1-6H3,(H,81,82)(H,83,84)/t69-,70+,71+/m0/s1. The summed E-state index contributed by atoms with van der Waals surface area (Å²) < 4.78 is 68.4. The van der Waals surface area contributed by atoms with E-state index in [1.807, 2.05) is 0 Å². The molecule has 3 N–H and O–H groups in total. The summed E-state index contributed by atoms with van der Waals surface area (Å²) in [6.45, 7) is 9.56. The molecular formula is C75H146O17P2. The monoisotopic (exact) mass is 1380 g/mol. The minimum absolute atomic E-state index is 0.106. The van der Waals surface area contributed by atoms with Crippen molar-refractivity contribution in [1.82, 2.24) is 0 Å². The van der Waals surface area contributed by atoms with Crippen LogP contribution < -0.4 is 0 Å². The zero-order valence-corrected chi connectivity index (χ0v) is 63.1. The number of unbranched alkanes of at least 4 members (excludes halogenated alkanes) is 44. The number of aliphatic hydroxyl groups excluding tert-OH is 1. The Hall–Kier alpha value is -1.94. The Morgan fingerprint density at radius 2 is 0.489 bits per heavy atom. The zero-order valence-electron chi connectivity index (χ0n) is 61.3. The maximum Gasteiger partial charge on any atom is 0.472 e. The molecule has 0 fully saturated rings. The van der Waals surface area contributed by atoms with Crippen LogP contribution in [0.1, 0.15) is 388 Å². The first kappa shape index (κ1) is 92.1. The first-order valence-electron chi connectivity index (χ1n) is 39.0. The van der Waals surface area contributed by atoms with Crippen molar-refractivity contribution in [1.29, 1.82) is 0 Å². The second-order valence-electron chi connectivity index (χ2n) is 28.0. The highest BCUT2D eigenvalue weighted by atomic mass is 31.2. The molecule has 0 bridgehead atoms. The fourth-order valence-electron chi connectivity index (χ4n) is 11.5. The Bertz CT molecular complexity index is 1820. The largest absolute Gasteiger partial charge is 0.472 e. The molecule has 0 aromatic heterocycles. The van der Waals surface area contributed by atoms with Crippen molar-refractivity contribution in [2.75, 3.05) is 39.6 Å².